The molecule has 2 aromatic carbocycles. The maximum atomic E-state index is 12.6. The van der Waals surface area contributed by atoms with Crippen LogP contribution in [0.1, 0.15) is 0 Å². The van der Waals surface area contributed by atoms with Crippen molar-refractivity contribution in [3.05, 3.63) is 52.7 Å². The van der Waals surface area contributed by atoms with Gasteiger partial charge in [-0.05, 0) is 0 Å². The van der Waals surface area contributed by atoms with E-state index < -0.39 is 59.4 Å². The number of aliphatic hydroxyl groups is 3. The van der Waals surface area contributed by atoms with Gasteiger partial charge in [0, 0.05) is 17.7 Å². The second-order valence-corrected chi connectivity index (χ2v) is 7.32. The lowest BCUT2D eigenvalue weighted by molar-refractivity contribution is -0.272. The average Bonchev–Trinajstić information content (AvgIpc) is 2.82. The van der Waals surface area contributed by atoms with E-state index in [0.717, 1.165) is 19.2 Å². The first-order valence-corrected chi connectivity index (χ1v) is 9.75. The number of phenols is 2. The molecule has 0 aliphatic carbocycles. The van der Waals surface area contributed by atoms with E-state index in [0.29, 0.717) is 5.56 Å². The zero-order chi connectivity index (χ0) is 23.9. The van der Waals surface area contributed by atoms with Crippen LogP contribution in [0.5, 0.6) is 17.2 Å². The van der Waals surface area contributed by atoms with Crippen LogP contribution in [0.2, 0.25) is 0 Å². The fourth-order valence-electron chi connectivity index (χ4n) is 3.49. The molecule has 11 nitrogen and oxygen atoms in total. The maximum absolute atomic E-state index is 12.6. The van der Waals surface area contributed by atoms with Crippen LogP contribution in [0, 0.1) is 0 Å². The quantitative estimate of drug-likeness (QED) is 0.266. The average molecular weight is 460 g/mol. The summed E-state index contributed by atoms with van der Waals surface area (Å²) in [7, 11) is 1.03. The second kappa shape index (κ2) is 8.71. The van der Waals surface area contributed by atoms with Crippen LogP contribution in [0.25, 0.3) is 22.3 Å². The van der Waals surface area contributed by atoms with E-state index in [1.165, 1.54) is 0 Å². The van der Waals surface area contributed by atoms with Crippen LogP contribution < -0.4 is 10.2 Å². The van der Waals surface area contributed by atoms with E-state index in [2.05, 4.69) is 4.74 Å². The van der Waals surface area contributed by atoms with Crippen LogP contribution >= 0.6 is 0 Å². The molecule has 1 aliphatic rings. The molecule has 1 aromatic heterocycles. The highest BCUT2D eigenvalue weighted by atomic mass is 16.7. The van der Waals surface area contributed by atoms with Gasteiger partial charge >= 0.3 is 5.97 Å². The van der Waals surface area contributed by atoms with Gasteiger partial charge in [0.2, 0.25) is 12.0 Å². The van der Waals surface area contributed by atoms with Gasteiger partial charge in [0.15, 0.2) is 23.0 Å². The Morgan fingerprint density at radius 2 is 1.67 bits per heavy atom. The smallest absolute Gasteiger partial charge is 0.337 e. The summed E-state index contributed by atoms with van der Waals surface area (Å²) >= 11 is 0. The van der Waals surface area contributed by atoms with Gasteiger partial charge < -0.3 is 44.2 Å². The Bertz CT molecular complexity index is 1240. The van der Waals surface area contributed by atoms with Gasteiger partial charge in [0.05, 0.1) is 7.11 Å². The molecule has 174 valence electrons. The van der Waals surface area contributed by atoms with E-state index >= 15 is 0 Å². The predicted molar refractivity (Wildman–Crippen MR) is 111 cm³/mol. The van der Waals surface area contributed by atoms with E-state index in [1.807, 2.05) is 0 Å². The van der Waals surface area contributed by atoms with Gasteiger partial charge in [0.25, 0.3) is 0 Å². The summed E-state index contributed by atoms with van der Waals surface area (Å²) in [4.78, 5) is 24.4. The van der Waals surface area contributed by atoms with Crippen LogP contribution in [0.15, 0.2) is 51.7 Å². The molecule has 1 aliphatic heterocycles. The minimum atomic E-state index is -1.85. The number of rotatable bonds is 4. The van der Waals surface area contributed by atoms with Crippen LogP contribution in [0.4, 0.5) is 0 Å². The fraction of sp³-hybridized carbons (Fsp3) is 0.273. The van der Waals surface area contributed by atoms with Crippen molar-refractivity contribution in [2.75, 3.05) is 7.11 Å². The second-order valence-electron chi connectivity index (χ2n) is 7.32. The molecule has 0 saturated carbocycles. The molecule has 4 rings (SSSR count). The van der Waals surface area contributed by atoms with Gasteiger partial charge in [0.1, 0.15) is 35.0 Å². The number of fused-ring (bicyclic) bond motifs is 1. The third kappa shape index (κ3) is 3.98. The molecule has 0 unspecified atom stereocenters. The van der Waals surface area contributed by atoms with Crippen LogP contribution in [-0.2, 0) is 14.3 Å². The number of benzene rings is 2. The number of methoxy groups -OCH3 is 1. The van der Waals surface area contributed by atoms with Crippen molar-refractivity contribution in [3.63, 3.8) is 0 Å². The highest BCUT2D eigenvalue weighted by Gasteiger charge is 2.48. The Morgan fingerprint density at radius 1 is 0.970 bits per heavy atom. The largest absolute Gasteiger partial charge is 0.504 e. The highest BCUT2D eigenvalue weighted by Crippen LogP contribution is 2.42. The number of carbonyl (C=O) groups is 1. The zero-order valence-electron chi connectivity index (χ0n) is 17.1. The van der Waals surface area contributed by atoms with E-state index in [-0.39, 0.29) is 16.7 Å². The van der Waals surface area contributed by atoms with Crippen molar-refractivity contribution in [1.82, 2.24) is 0 Å². The van der Waals surface area contributed by atoms with E-state index in [1.54, 1.807) is 30.3 Å². The Labute approximate surface area is 185 Å². The van der Waals surface area contributed by atoms with Gasteiger partial charge in [-0.25, -0.2) is 4.79 Å². The third-order valence-corrected chi connectivity index (χ3v) is 5.24. The minimum Gasteiger partial charge on any atom is -0.504 e. The van der Waals surface area contributed by atoms with Crippen molar-refractivity contribution in [3.8, 4) is 28.6 Å². The number of esters is 1. The van der Waals surface area contributed by atoms with Crippen LogP contribution in [-0.4, -0.2) is 69.3 Å². The maximum Gasteiger partial charge on any atom is 0.337 e. The lowest BCUT2D eigenvalue weighted by atomic mass is 9.99. The molecule has 5 atom stereocenters. The van der Waals surface area contributed by atoms with E-state index in [9.17, 15) is 35.1 Å². The molecule has 0 spiro atoms. The first-order chi connectivity index (χ1) is 15.7. The molecule has 1 saturated heterocycles. The minimum absolute atomic E-state index is 0.151. The molecule has 0 amide bonds. The first-order valence-electron chi connectivity index (χ1n) is 9.75. The zero-order valence-corrected chi connectivity index (χ0v) is 17.1. The molecule has 5 N–H and O–H groups in total. The number of phenolic OH excluding ortho intramolecular Hbond substituents is 2. The molecular weight excluding hydrogens is 440 g/mol. The van der Waals surface area contributed by atoms with E-state index in [4.69, 9.17) is 13.9 Å². The number of aliphatic hydroxyl groups excluding tert-OH is 3. The van der Waals surface area contributed by atoms with Crippen molar-refractivity contribution in [2.45, 2.75) is 30.7 Å². The lowest BCUT2D eigenvalue weighted by Gasteiger charge is -2.38. The predicted octanol–water partition coefficient (Wildman–Crippen LogP) is 0.231. The third-order valence-electron chi connectivity index (χ3n) is 5.24. The Balaban J connectivity index is 1.75. The molecule has 0 bridgehead atoms. The number of carbonyl (C=O) groups excluding carboxylic acids is 1. The number of hydrogen-bond donors (Lipinski definition) is 5. The normalized spacial score (nSPS) is 25.0. The van der Waals surface area contributed by atoms with Crippen molar-refractivity contribution in [2.24, 2.45) is 0 Å². The van der Waals surface area contributed by atoms with Gasteiger partial charge in [-0.1, -0.05) is 30.3 Å². The van der Waals surface area contributed by atoms with Crippen LogP contribution in [0.3, 0.4) is 0 Å². The van der Waals surface area contributed by atoms with Gasteiger partial charge in [-0.15, -0.1) is 0 Å². The van der Waals surface area contributed by atoms with Crippen molar-refractivity contribution >= 4 is 16.9 Å². The number of hydrogen-bond acceptors (Lipinski definition) is 11. The standard InChI is InChI=1S/C22H20O11/c1-30-21(29)20-18(27)17(26)19(28)22(33-20)32-13-8-12-14(16(25)15(13)24)10(23)7-11(31-12)9-5-3-2-4-6-9/h2-8,17-20,22,24-28H,1H3/t17-,18-,19+,20-,22+/m1/s1. The highest BCUT2D eigenvalue weighted by molar-refractivity contribution is 5.89. The van der Waals surface area contributed by atoms with Gasteiger partial charge in [-0.2, -0.15) is 0 Å². The summed E-state index contributed by atoms with van der Waals surface area (Å²) in [5.74, 6) is -3.04. The fourth-order valence-corrected chi connectivity index (χ4v) is 3.49. The number of ether oxygens (including phenoxy) is 3. The molecule has 1 fully saturated rings. The molecular formula is C22H20O11. The molecule has 2 heterocycles. The summed E-state index contributed by atoms with van der Waals surface area (Å²) in [5.41, 5.74) is -0.203. The first kappa shape index (κ1) is 22.6. The molecule has 0 radical (unpaired) electrons. The molecule has 33 heavy (non-hydrogen) atoms. The Morgan fingerprint density at radius 3 is 2.33 bits per heavy atom. The molecule has 11 heteroatoms. The topological polar surface area (TPSA) is 176 Å². The lowest BCUT2D eigenvalue weighted by Crippen LogP contribution is -2.61. The van der Waals surface area contributed by atoms with Crippen molar-refractivity contribution < 1.29 is 49.0 Å². The van der Waals surface area contributed by atoms with Crippen molar-refractivity contribution in [1.29, 1.82) is 0 Å². The summed E-state index contributed by atoms with van der Waals surface area (Å²) in [6.45, 7) is 0. The Hall–Kier alpha value is -3.64. The SMILES string of the molecule is COC(=O)[C@@H]1O[C@H](Oc2cc3oc(-c4ccccc4)cc(=O)c3c(O)c2O)[C@@H](O)[C@H](O)[C@H]1O. The summed E-state index contributed by atoms with van der Waals surface area (Å²) in [5, 5.41) is 50.7. The Kier molecular flexibility index (Phi) is 5.95. The van der Waals surface area contributed by atoms with Gasteiger partial charge in [-0.3, -0.25) is 4.79 Å². The monoisotopic (exact) mass is 460 g/mol. The number of aromatic hydroxyl groups is 2. The summed E-state index contributed by atoms with van der Waals surface area (Å²) < 4.78 is 20.8. The summed E-state index contributed by atoms with van der Waals surface area (Å²) in [6.07, 6.45) is -8.97. The molecule has 3 aromatic rings. The summed E-state index contributed by atoms with van der Waals surface area (Å²) in [6, 6.07) is 10.9.